The molecule has 62 valence electrons. The van der Waals surface area contributed by atoms with Gasteiger partial charge in [-0.15, -0.1) is 0 Å². The summed E-state index contributed by atoms with van der Waals surface area (Å²) in [6.07, 6.45) is 0. The predicted octanol–water partition coefficient (Wildman–Crippen LogP) is 3.30. The molecule has 0 unspecified atom stereocenters. The Morgan fingerprint density at radius 2 is 1.64 bits per heavy atom. The van der Waals surface area contributed by atoms with E-state index in [0.717, 1.165) is 18.2 Å². The van der Waals surface area contributed by atoms with Gasteiger partial charge < -0.3 is 0 Å². The number of aryl methyl sites for hydroxylation is 1. The molecule has 1 aromatic carbocycles. The molecule has 2 heteroatoms. The van der Waals surface area contributed by atoms with Crippen molar-refractivity contribution >= 4 is 0 Å². The topological polar surface area (TPSA) is 0 Å². The molecule has 0 nitrogen and oxygen atoms in total. The van der Waals surface area contributed by atoms with Crippen LogP contribution in [0.15, 0.2) is 18.2 Å². The van der Waals surface area contributed by atoms with E-state index in [1.165, 1.54) is 6.92 Å². The summed E-state index contributed by atoms with van der Waals surface area (Å²) < 4.78 is 24.5. The second-order valence-electron chi connectivity index (χ2n) is 1.89. The summed E-state index contributed by atoms with van der Waals surface area (Å²) >= 11 is 0. The molecule has 0 saturated heterocycles. The van der Waals surface area contributed by atoms with Gasteiger partial charge in [0.1, 0.15) is 11.6 Å². The van der Waals surface area contributed by atoms with Crippen molar-refractivity contribution in [1.82, 2.24) is 0 Å². The summed E-state index contributed by atoms with van der Waals surface area (Å²) in [6.45, 7) is 5.53. The third-order valence-corrected chi connectivity index (χ3v) is 1.12. The highest BCUT2D eigenvalue weighted by Gasteiger charge is 1.95. The van der Waals surface area contributed by atoms with Crippen molar-refractivity contribution in [2.75, 3.05) is 0 Å². The minimum absolute atomic E-state index is 0.343. The lowest BCUT2D eigenvalue weighted by Crippen LogP contribution is -1.81. The van der Waals surface area contributed by atoms with Crippen molar-refractivity contribution < 1.29 is 8.78 Å². The lowest BCUT2D eigenvalue weighted by Gasteiger charge is -1.92. The van der Waals surface area contributed by atoms with E-state index in [1.54, 1.807) is 0 Å². The smallest absolute Gasteiger partial charge is 0.126 e. The predicted molar refractivity (Wildman–Crippen MR) is 42.4 cm³/mol. The fourth-order valence-electron chi connectivity index (χ4n) is 0.608. The molecule has 0 aromatic heterocycles. The van der Waals surface area contributed by atoms with Crippen molar-refractivity contribution in [1.29, 1.82) is 0 Å². The summed E-state index contributed by atoms with van der Waals surface area (Å²) in [5, 5.41) is 0. The van der Waals surface area contributed by atoms with Crippen LogP contribution in [0.4, 0.5) is 8.78 Å². The minimum atomic E-state index is -0.395. The molecule has 0 heterocycles. The van der Waals surface area contributed by atoms with E-state index in [9.17, 15) is 8.78 Å². The van der Waals surface area contributed by atoms with Crippen LogP contribution in [0.1, 0.15) is 19.4 Å². The Balaban J connectivity index is 0.000000461. The number of benzene rings is 1. The summed E-state index contributed by atoms with van der Waals surface area (Å²) in [4.78, 5) is 0. The second-order valence-corrected chi connectivity index (χ2v) is 1.89. The molecule has 0 aliphatic rings. The maximum absolute atomic E-state index is 12.3. The van der Waals surface area contributed by atoms with Crippen LogP contribution >= 0.6 is 0 Å². The molecule has 0 N–H and O–H groups in total. The molecule has 0 atom stereocenters. The Hall–Kier alpha value is -0.920. The third-order valence-electron chi connectivity index (χ3n) is 1.12. The van der Waals surface area contributed by atoms with Crippen LogP contribution in [-0.4, -0.2) is 0 Å². The molecule has 0 spiro atoms. The molecule has 0 fully saturated rings. The molecule has 0 radical (unpaired) electrons. The van der Waals surface area contributed by atoms with Gasteiger partial charge in [-0.1, -0.05) is 13.8 Å². The van der Waals surface area contributed by atoms with Crippen molar-refractivity contribution in [3.8, 4) is 0 Å². The van der Waals surface area contributed by atoms with Crippen molar-refractivity contribution in [2.24, 2.45) is 0 Å². The average molecular weight is 158 g/mol. The molecule has 0 saturated carbocycles. The Morgan fingerprint density at radius 1 is 1.09 bits per heavy atom. The van der Waals surface area contributed by atoms with Crippen LogP contribution in [-0.2, 0) is 0 Å². The van der Waals surface area contributed by atoms with Gasteiger partial charge in [-0.05, 0) is 30.7 Å². The second kappa shape index (κ2) is 4.83. The zero-order valence-corrected chi connectivity index (χ0v) is 6.99. The van der Waals surface area contributed by atoms with Crippen molar-refractivity contribution in [3.05, 3.63) is 35.4 Å². The van der Waals surface area contributed by atoms with E-state index in [-0.39, 0.29) is 5.82 Å². The molecular formula is C9H12F2. The first-order chi connectivity index (χ1) is 5.20. The number of rotatable bonds is 0. The van der Waals surface area contributed by atoms with Gasteiger partial charge in [-0.25, -0.2) is 8.78 Å². The van der Waals surface area contributed by atoms with E-state index in [0.29, 0.717) is 5.56 Å². The van der Waals surface area contributed by atoms with Gasteiger partial charge in [0.15, 0.2) is 0 Å². The van der Waals surface area contributed by atoms with E-state index in [2.05, 4.69) is 0 Å². The van der Waals surface area contributed by atoms with Gasteiger partial charge in [0.2, 0.25) is 0 Å². The lowest BCUT2D eigenvalue weighted by atomic mass is 10.2. The average Bonchev–Trinajstić information content (AvgIpc) is 2.02. The van der Waals surface area contributed by atoms with Crippen LogP contribution in [0.3, 0.4) is 0 Å². The molecule has 1 rings (SSSR count). The van der Waals surface area contributed by atoms with Crippen LogP contribution in [0, 0.1) is 18.6 Å². The first-order valence-electron chi connectivity index (χ1n) is 3.62. The number of hydrogen-bond donors (Lipinski definition) is 0. The van der Waals surface area contributed by atoms with Gasteiger partial charge in [0.05, 0.1) is 0 Å². The van der Waals surface area contributed by atoms with Gasteiger partial charge in [0.25, 0.3) is 0 Å². The van der Waals surface area contributed by atoms with Gasteiger partial charge in [0, 0.05) is 0 Å². The fourth-order valence-corrected chi connectivity index (χ4v) is 0.608. The third kappa shape index (κ3) is 3.12. The molecule has 0 aliphatic heterocycles. The normalized spacial score (nSPS) is 8.45. The number of hydrogen-bond acceptors (Lipinski definition) is 0. The highest BCUT2D eigenvalue weighted by molar-refractivity contribution is 5.16. The standard InChI is InChI=1S/C7H6F2.C2H6/c1-5-4-6(8)2-3-7(5)9;1-2/h2-4H,1H3;1-2H3. The molecular weight excluding hydrogens is 146 g/mol. The zero-order chi connectivity index (χ0) is 8.85. The number of halogens is 2. The van der Waals surface area contributed by atoms with E-state index in [4.69, 9.17) is 0 Å². The van der Waals surface area contributed by atoms with Crippen LogP contribution in [0.25, 0.3) is 0 Å². The quantitative estimate of drug-likeness (QED) is 0.543. The summed E-state index contributed by atoms with van der Waals surface area (Å²) in [5.41, 5.74) is 0.343. The van der Waals surface area contributed by atoms with Gasteiger partial charge in [-0.3, -0.25) is 0 Å². The first kappa shape index (κ1) is 10.1. The molecule has 0 amide bonds. The Labute approximate surface area is 65.9 Å². The zero-order valence-electron chi connectivity index (χ0n) is 6.99. The summed E-state index contributed by atoms with van der Waals surface area (Å²) in [7, 11) is 0. The SMILES string of the molecule is CC.Cc1cc(F)ccc1F. The van der Waals surface area contributed by atoms with Gasteiger partial charge >= 0.3 is 0 Å². The highest BCUT2D eigenvalue weighted by atomic mass is 19.1. The maximum Gasteiger partial charge on any atom is 0.126 e. The highest BCUT2D eigenvalue weighted by Crippen LogP contribution is 2.06. The van der Waals surface area contributed by atoms with Crippen molar-refractivity contribution in [2.45, 2.75) is 20.8 Å². The Kier molecular flexibility index (Phi) is 4.42. The summed E-state index contributed by atoms with van der Waals surface area (Å²) in [5.74, 6) is -0.759. The maximum atomic E-state index is 12.3. The fraction of sp³-hybridized carbons (Fsp3) is 0.333. The Bertz CT molecular complexity index is 219. The van der Waals surface area contributed by atoms with Crippen molar-refractivity contribution in [3.63, 3.8) is 0 Å². The lowest BCUT2D eigenvalue weighted by molar-refractivity contribution is 0.592. The van der Waals surface area contributed by atoms with Crippen LogP contribution in [0.2, 0.25) is 0 Å². The van der Waals surface area contributed by atoms with Crippen LogP contribution < -0.4 is 0 Å². The molecule has 0 bridgehead atoms. The Morgan fingerprint density at radius 3 is 2.00 bits per heavy atom. The van der Waals surface area contributed by atoms with E-state index < -0.39 is 5.82 Å². The summed E-state index contributed by atoms with van der Waals surface area (Å²) in [6, 6.07) is 3.38. The van der Waals surface area contributed by atoms with Crippen LogP contribution in [0.5, 0.6) is 0 Å². The minimum Gasteiger partial charge on any atom is -0.207 e. The van der Waals surface area contributed by atoms with E-state index in [1.807, 2.05) is 13.8 Å². The van der Waals surface area contributed by atoms with E-state index >= 15 is 0 Å². The van der Waals surface area contributed by atoms with Gasteiger partial charge in [-0.2, -0.15) is 0 Å². The first-order valence-corrected chi connectivity index (χ1v) is 3.62. The molecule has 1 aromatic rings. The molecule has 11 heavy (non-hydrogen) atoms. The largest absolute Gasteiger partial charge is 0.207 e. The molecule has 0 aliphatic carbocycles. The monoisotopic (exact) mass is 158 g/mol.